The average molecular weight is 167 g/mol. The summed E-state index contributed by atoms with van der Waals surface area (Å²) in [6, 6.07) is 2.23. The first kappa shape index (κ1) is 9.01. The molecule has 2 unspecified atom stereocenters. The van der Waals surface area contributed by atoms with Crippen LogP contribution in [0, 0.1) is 11.3 Å². The van der Waals surface area contributed by atoms with Gasteiger partial charge in [-0.25, -0.2) is 0 Å². The summed E-state index contributed by atoms with van der Waals surface area (Å²) >= 11 is 0. The van der Waals surface area contributed by atoms with Crippen LogP contribution in [0.1, 0.15) is 19.8 Å². The molecule has 1 aliphatic heterocycles. The average Bonchev–Trinajstić information content (AvgIpc) is 2.09. The van der Waals surface area contributed by atoms with Crippen LogP contribution in [0.2, 0.25) is 0 Å². The first-order chi connectivity index (χ1) is 5.72. The number of nitriles is 1. The largest absolute Gasteiger partial charge is 0.355 e. The third kappa shape index (κ3) is 2.51. The van der Waals surface area contributed by atoms with E-state index in [1.54, 1.807) is 0 Å². The highest BCUT2D eigenvalue weighted by Gasteiger charge is 2.18. The third-order valence-electron chi connectivity index (χ3n) is 1.94. The molecule has 0 aromatic heterocycles. The van der Waals surface area contributed by atoms with Gasteiger partial charge in [0, 0.05) is 19.0 Å². The first-order valence-corrected chi connectivity index (χ1v) is 4.14. The molecule has 1 amide bonds. The monoisotopic (exact) mass is 167 g/mol. The van der Waals surface area contributed by atoms with Crippen LogP contribution in [0.4, 0.5) is 0 Å². The minimum absolute atomic E-state index is 0.109. The van der Waals surface area contributed by atoms with Gasteiger partial charge in [0.2, 0.25) is 5.91 Å². The summed E-state index contributed by atoms with van der Waals surface area (Å²) in [7, 11) is 0. The van der Waals surface area contributed by atoms with Crippen molar-refractivity contribution in [2.75, 3.05) is 6.54 Å². The molecule has 0 aromatic rings. The van der Waals surface area contributed by atoms with Crippen LogP contribution in [-0.4, -0.2) is 24.5 Å². The van der Waals surface area contributed by atoms with Crippen molar-refractivity contribution in [2.45, 2.75) is 31.8 Å². The summed E-state index contributed by atoms with van der Waals surface area (Å²) in [5.74, 6) is 0.109. The predicted molar refractivity (Wildman–Crippen MR) is 44.2 cm³/mol. The Hall–Kier alpha value is -1.08. The molecule has 1 rings (SSSR count). The van der Waals surface area contributed by atoms with E-state index in [4.69, 9.17) is 5.26 Å². The molecule has 0 spiro atoms. The maximum absolute atomic E-state index is 10.8. The molecular formula is C8H13N3O. The van der Waals surface area contributed by atoms with Gasteiger partial charge in [0.05, 0.1) is 12.1 Å². The van der Waals surface area contributed by atoms with Crippen LogP contribution in [0.15, 0.2) is 0 Å². The number of nitrogens with one attached hydrogen (secondary N) is 2. The van der Waals surface area contributed by atoms with Crippen LogP contribution >= 0.6 is 0 Å². The molecule has 0 aliphatic carbocycles. The molecule has 1 saturated heterocycles. The molecule has 2 N–H and O–H groups in total. The van der Waals surface area contributed by atoms with E-state index >= 15 is 0 Å². The Kier molecular flexibility index (Phi) is 3.06. The maximum atomic E-state index is 10.8. The summed E-state index contributed by atoms with van der Waals surface area (Å²) in [4.78, 5) is 10.8. The van der Waals surface area contributed by atoms with Gasteiger partial charge in [0.1, 0.15) is 0 Å². The van der Waals surface area contributed by atoms with Crippen molar-refractivity contribution in [2.24, 2.45) is 0 Å². The SMILES string of the molecule is CC(C#N)NC1CCC(=O)NC1. The van der Waals surface area contributed by atoms with Gasteiger partial charge < -0.3 is 5.32 Å². The molecule has 0 bridgehead atoms. The maximum Gasteiger partial charge on any atom is 0.220 e. The molecular weight excluding hydrogens is 154 g/mol. The summed E-state index contributed by atoms with van der Waals surface area (Å²) in [5, 5.41) is 14.4. The standard InChI is InChI=1S/C8H13N3O/c1-6(4-9)11-7-2-3-8(12)10-5-7/h6-7,11H,2-3,5H2,1H3,(H,10,12). The van der Waals surface area contributed by atoms with E-state index in [1.807, 2.05) is 6.92 Å². The number of piperidine rings is 1. The normalized spacial score (nSPS) is 25.7. The lowest BCUT2D eigenvalue weighted by atomic mass is 10.1. The van der Waals surface area contributed by atoms with Crippen LogP contribution in [-0.2, 0) is 4.79 Å². The Morgan fingerprint density at radius 2 is 2.58 bits per heavy atom. The lowest BCUT2D eigenvalue weighted by Gasteiger charge is -2.24. The van der Waals surface area contributed by atoms with Gasteiger partial charge >= 0.3 is 0 Å². The molecule has 1 heterocycles. The van der Waals surface area contributed by atoms with Gasteiger partial charge in [-0.1, -0.05) is 0 Å². The van der Waals surface area contributed by atoms with Crippen LogP contribution in [0.3, 0.4) is 0 Å². The van der Waals surface area contributed by atoms with Crippen LogP contribution in [0.25, 0.3) is 0 Å². The summed E-state index contributed by atoms with van der Waals surface area (Å²) in [5.41, 5.74) is 0. The van der Waals surface area contributed by atoms with Gasteiger partial charge in [-0.3, -0.25) is 10.1 Å². The number of nitrogens with zero attached hydrogens (tertiary/aromatic N) is 1. The van der Waals surface area contributed by atoms with Crippen molar-refractivity contribution in [3.63, 3.8) is 0 Å². The predicted octanol–water partition coefficient (Wildman–Crippen LogP) is -0.233. The zero-order valence-electron chi connectivity index (χ0n) is 7.13. The van der Waals surface area contributed by atoms with Gasteiger partial charge in [-0.05, 0) is 13.3 Å². The van der Waals surface area contributed by atoms with Gasteiger partial charge in [0.15, 0.2) is 0 Å². The minimum atomic E-state index is -0.134. The fourth-order valence-corrected chi connectivity index (χ4v) is 1.27. The van der Waals surface area contributed by atoms with Gasteiger partial charge in [-0.15, -0.1) is 0 Å². The summed E-state index contributed by atoms with van der Waals surface area (Å²) < 4.78 is 0. The molecule has 0 saturated carbocycles. The Balaban J connectivity index is 2.27. The van der Waals surface area contributed by atoms with E-state index in [0.29, 0.717) is 13.0 Å². The van der Waals surface area contributed by atoms with E-state index in [-0.39, 0.29) is 18.0 Å². The highest BCUT2D eigenvalue weighted by Crippen LogP contribution is 2.02. The Labute approximate surface area is 71.9 Å². The molecule has 12 heavy (non-hydrogen) atoms. The van der Waals surface area contributed by atoms with Crippen molar-refractivity contribution in [3.05, 3.63) is 0 Å². The fourth-order valence-electron chi connectivity index (χ4n) is 1.27. The number of hydrogen-bond acceptors (Lipinski definition) is 3. The smallest absolute Gasteiger partial charge is 0.220 e. The van der Waals surface area contributed by atoms with Crippen LogP contribution in [0.5, 0.6) is 0 Å². The lowest BCUT2D eigenvalue weighted by molar-refractivity contribution is -0.122. The zero-order chi connectivity index (χ0) is 8.97. The van der Waals surface area contributed by atoms with E-state index in [1.165, 1.54) is 0 Å². The van der Waals surface area contributed by atoms with E-state index in [2.05, 4.69) is 16.7 Å². The van der Waals surface area contributed by atoms with E-state index < -0.39 is 0 Å². The molecule has 2 atom stereocenters. The lowest BCUT2D eigenvalue weighted by Crippen LogP contribution is -2.48. The van der Waals surface area contributed by atoms with Crippen molar-refractivity contribution in [3.8, 4) is 6.07 Å². The van der Waals surface area contributed by atoms with Crippen molar-refractivity contribution in [1.82, 2.24) is 10.6 Å². The summed E-state index contributed by atoms with van der Waals surface area (Å²) in [6.07, 6.45) is 1.40. The summed E-state index contributed by atoms with van der Waals surface area (Å²) in [6.45, 7) is 2.46. The van der Waals surface area contributed by atoms with Crippen molar-refractivity contribution < 1.29 is 4.79 Å². The molecule has 4 heteroatoms. The second-order valence-corrected chi connectivity index (χ2v) is 3.06. The Bertz CT molecular complexity index is 199. The second kappa shape index (κ2) is 4.07. The molecule has 1 aliphatic rings. The number of carbonyl (C=O) groups excluding carboxylic acids is 1. The molecule has 66 valence electrons. The fraction of sp³-hybridized carbons (Fsp3) is 0.750. The van der Waals surface area contributed by atoms with Gasteiger partial charge in [-0.2, -0.15) is 5.26 Å². The Morgan fingerprint density at radius 1 is 1.83 bits per heavy atom. The third-order valence-corrected chi connectivity index (χ3v) is 1.94. The topological polar surface area (TPSA) is 64.9 Å². The van der Waals surface area contributed by atoms with Crippen molar-refractivity contribution in [1.29, 1.82) is 5.26 Å². The minimum Gasteiger partial charge on any atom is -0.355 e. The quantitative estimate of drug-likeness (QED) is 0.597. The van der Waals surface area contributed by atoms with E-state index in [0.717, 1.165) is 6.42 Å². The number of rotatable bonds is 2. The Morgan fingerprint density at radius 3 is 3.08 bits per heavy atom. The van der Waals surface area contributed by atoms with Crippen molar-refractivity contribution >= 4 is 5.91 Å². The molecule has 4 nitrogen and oxygen atoms in total. The highest BCUT2D eigenvalue weighted by atomic mass is 16.1. The van der Waals surface area contributed by atoms with Crippen LogP contribution < -0.4 is 10.6 Å². The second-order valence-electron chi connectivity index (χ2n) is 3.06. The number of carbonyl (C=O) groups is 1. The zero-order valence-corrected chi connectivity index (χ0v) is 7.13. The highest BCUT2D eigenvalue weighted by molar-refractivity contribution is 5.76. The molecule has 0 aromatic carbocycles. The van der Waals surface area contributed by atoms with Gasteiger partial charge in [0.25, 0.3) is 0 Å². The molecule has 1 fully saturated rings. The first-order valence-electron chi connectivity index (χ1n) is 4.14. The van der Waals surface area contributed by atoms with E-state index in [9.17, 15) is 4.79 Å². The number of amides is 1. The number of hydrogen-bond donors (Lipinski definition) is 2. The molecule has 0 radical (unpaired) electrons.